The summed E-state index contributed by atoms with van der Waals surface area (Å²) in [7, 11) is 1.89. The van der Waals surface area contributed by atoms with Crippen LogP contribution >= 0.6 is 0 Å². The van der Waals surface area contributed by atoms with E-state index in [2.05, 4.69) is 44.3 Å². The van der Waals surface area contributed by atoms with Crippen molar-refractivity contribution in [3.8, 4) is 0 Å². The van der Waals surface area contributed by atoms with E-state index < -0.39 is 0 Å². The fourth-order valence-electron chi connectivity index (χ4n) is 2.90. The molecule has 2 atom stereocenters. The van der Waals surface area contributed by atoms with E-state index in [1.807, 2.05) is 11.9 Å². The lowest BCUT2D eigenvalue weighted by Gasteiger charge is -2.30. The molecule has 104 valence electrons. The first-order chi connectivity index (χ1) is 8.97. The average Bonchev–Trinajstić information content (AvgIpc) is 2.36. The number of benzene rings is 1. The highest BCUT2D eigenvalue weighted by molar-refractivity contribution is 5.94. The molecular formula is C16H24N2O. The van der Waals surface area contributed by atoms with Gasteiger partial charge in [0, 0.05) is 24.7 Å². The summed E-state index contributed by atoms with van der Waals surface area (Å²) in [6.45, 7) is 7.23. The van der Waals surface area contributed by atoms with Crippen LogP contribution in [0.15, 0.2) is 18.2 Å². The predicted molar refractivity (Wildman–Crippen MR) is 79.5 cm³/mol. The number of hydrogen-bond acceptors (Lipinski definition) is 2. The number of nitrogens with zero attached hydrogens (tertiary/aromatic N) is 1. The van der Waals surface area contributed by atoms with Crippen molar-refractivity contribution in [3.05, 3.63) is 29.3 Å². The summed E-state index contributed by atoms with van der Waals surface area (Å²) in [5, 5.41) is 3.39. The van der Waals surface area contributed by atoms with E-state index in [0.717, 1.165) is 25.1 Å². The third-order valence-corrected chi connectivity index (χ3v) is 3.90. The summed E-state index contributed by atoms with van der Waals surface area (Å²) in [4.78, 5) is 14.4. The Morgan fingerprint density at radius 1 is 1.26 bits per heavy atom. The summed E-state index contributed by atoms with van der Waals surface area (Å²) in [5.74, 6) is 0.403. The van der Waals surface area contributed by atoms with Gasteiger partial charge in [-0.05, 0) is 63.4 Å². The predicted octanol–water partition coefficient (Wildman–Crippen LogP) is 2.65. The molecule has 0 aromatic heterocycles. The monoisotopic (exact) mass is 260 g/mol. The molecular weight excluding hydrogens is 236 g/mol. The van der Waals surface area contributed by atoms with Crippen LogP contribution in [0.4, 0.5) is 5.69 Å². The quantitative estimate of drug-likeness (QED) is 0.886. The zero-order valence-corrected chi connectivity index (χ0v) is 12.4. The highest BCUT2D eigenvalue weighted by Gasteiger charge is 2.27. The number of amides is 1. The Kier molecular flexibility index (Phi) is 4.25. The first-order valence-corrected chi connectivity index (χ1v) is 7.06. The number of carbonyl (C=O) groups is 1. The normalized spacial score (nSPS) is 23.2. The first-order valence-electron chi connectivity index (χ1n) is 7.06. The smallest absolute Gasteiger partial charge is 0.229 e. The van der Waals surface area contributed by atoms with Crippen molar-refractivity contribution in [2.45, 2.75) is 39.7 Å². The van der Waals surface area contributed by atoms with Gasteiger partial charge in [0.2, 0.25) is 5.91 Å². The van der Waals surface area contributed by atoms with Gasteiger partial charge >= 0.3 is 0 Å². The fraction of sp³-hybridized carbons (Fsp3) is 0.562. The number of aryl methyl sites for hydroxylation is 2. The third-order valence-electron chi connectivity index (χ3n) is 3.90. The molecule has 1 heterocycles. The Hall–Kier alpha value is -1.35. The summed E-state index contributed by atoms with van der Waals surface area (Å²) in [6.07, 6.45) is 1.88. The molecule has 0 bridgehead atoms. The number of rotatable bonds is 2. The van der Waals surface area contributed by atoms with Gasteiger partial charge in [0.05, 0.1) is 0 Å². The van der Waals surface area contributed by atoms with Gasteiger partial charge in [-0.25, -0.2) is 0 Å². The van der Waals surface area contributed by atoms with E-state index in [1.54, 1.807) is 0 Å². The lowest BCUT2D eigenvalue weighted by Crippen LogP contribution is -2.43. The summed E-state index contributed by atoms with van der Waals surface area (Å²) < 4.78 is 0. The van der Waals surface area contributed by atoms with Gasteiger partial charge in [0.1, 0.15) is 0 Å². The summed E-state index contributed by atoms with van der Waals surface area (Å²) >= 11 is 0. The number of anilines is 1. The molecule has 3 heteroatoms. The minimum absolute atomic E-state index is 0.155. The standard InChI is InChI=1S/C16H24N2O/c1-11-7-12(2)9-15(8-11)18(4)16(19)14-5-6-17-13(3)10-14/h7-9,13-14,17H,5-6,10H2,1-4H3/t13-,14-/m0/s1. The van der Waals surface area contributed by atoms with Crippen LogP contribution in [0.5, 0.6) is 0 Å². The molecule has 0 spiro atoms. The highest BCUT2D eigenvalue weighted by atomic mass is 16.2. The molecule has 1 amide bonds. The highest BCUT2D eigenvalue weighted by Crippen LogP contribution is 2.23. The van der Waals surface area contributed by atoms with E-state index in [0.29, 0.717) is 6.04 Å². The van der Waals surface area contributed by atoms with Gasteiger partial charge in [-0.2, -0.15) is 0 Å². The molecule has 0 unspecified atom stereocenters. The second-order valence-electron chi connectivity index (χ2n) is 5.82. The van der Waals surface area contributed by atoms with Crippen molar-refractivity contribution >= 4 is 11.6 Å². The van der Waals surface area contributed by atoms with Gasteiger partial charge in [-0.3, -0.25) is 4.79 Å². The van der Waals surface area contributed by atoms with Crippen molar-refractivity contribution in [1.82, 2.24) is 5.32 Å². The van der Waals surface area contributed by atoms with Gasteiger partial charge < -0.3 is 10.2 Å². The Morgan fingerprint density at radius 2 is 1.89 bits per heavy atom. The van der Waals surface area contributed by atoms with E-state index in [4.69, 9.17) is 0 Å². The fourth-order valence-corrected chi connectivity index (χ4v) is 2.90. The van der Waals surface area contributed by atoms with Crippen LogP contribution in [0.3, 0.4) is 0 Å². The summed E-state index contributed by atoms with van der Waals surface area (Å²) in [6, 6.07) is 6.73. The molecule has 1 aliphatic rings. The Bertz CT molecular complexity index is 450. The maximum Gasteiger partial charge on any atom is 0.229 e. The second-order valence-corrected chi connectivity index (χ2v) is 5.82. The lowest BCUT2D eigenvalue weighted by molar-refractivity contribution is -0.123. The van der Waals surface area contributed by atoms with Gasteiger partial charge in [0.25, 0.3) is 0 Å². The molecule has 0 radical (unpaired) electrons. The number of carbonyl (C=O) groups excluding carboxylic acids is 1. The molecule has 0 saturated carbocycles. The van der Waals surface area contributed by atoms with Crippen LogP contribution in [0.25, 0.3) is 0 Å². The van der Waals surface area contributed by atoms with Crippen molar-refractivity contribution in [2.75, 3.05) is 18.5 Å². The first kappa shape index (κ1) is 14.1. The van der Waals surface area contributed by atoms with Crippen LogP contribution in [-0.4, -0.2) is 25.5 Å². The van der Waals surface area contributed by atoms with E-state index in [-0.39, 0.29) is 11.8 Å². The molecule has 3 nitrogen and oxygen atoms in total. The molecule has 0 aliphatic carbocycles. The molecule has 1 fully saturated rings. The summed E-state index contributed by atoms with van der Waals surface area (Å²) in [5.41, 5.74) is 3.41. The molecule has 1 aliphatic heterocycles. The second kappa shape index (κ2) is 5.74. The van der Waals surface area contributed by atoms with Gasteiger partial charge in [0.15, 0.2) is 0 Å². The molecule has 19 heavy (non-hydrogen) atoms. The Balaban J connectivity index is 2.13. The maximum atomic E-state index is 12.6. The molecule has 1 N–H and O–H groups in total. The van der Waals surface area contributed by atoms with Crippen molar-refractivity contribution in [1.29, 1.82) is 0 Å². The Morgan fingerprint density at radius 3 is 2.47 bits per heavy atom. The van der Waals surface area contributed by atoms with E-state index in [9.17, 15) is 4.79 Å². The van der Waals surface area contributed by atoms with Crippen molar-refractivity contribution in [2.24, 2.45) is 5.92 Å². The largest absolute Gasteiger partial charge is 0.315 e. The lowest BCUT2D eigenvalue weighted by atomic mass is 9.92. The zero-order valence-electron chi connectivity index (χ0n) is 12.4. The third kappa shape index (κ3) is 3.35. The SMILES string of the molecule is Cc1cc(C)cc(N(C)C(=O)[C@H]2CCN[C@@H](C)C2)c1. The maximum absolute atomic E-state index is 12.6. The number of piperidine rings is 1. The molecule has 2 rings (SSSR count). The van der Waals surface area contributed by atoms with E-state index in [1.165, 1.54) is 11.1 Å². The van der Waals surface area contributed by atoms with Crippen LogP contribution in [0.2, 0.25) is 0 Å². The van der Waals surface area contributed by atoms with Crippen LogP contribution in [-0.2, 0) is 4.79 Å². The topological polar surface area (TPSA) is 32.3 Å². The molecule has 1 saturated heterocycles. The molecule has 1 aromatic carbocycles. The van der Waals surface area contributed by atoms with Crippen LogP contribution in [0.1, 0.15) is 30.9 Å². The number of nitrogens with one attached hydrogen (secondary N) is 1. The number of hydrogen-bond donors (Lipinski definition) is 1. The van der Waals surface area contributed by atoms with Crippen molar-refractivity contribution in [3.63, 3.8) is 0 Å². The van der Waals surface area contributed by atoms with Gasteiger partial charge in [-0.15, -0.1) is 0 Å². The van der Waals surface area contributed by atoms with E-state index >= 15 is 0 Å². The van der Waals surface area contributed by atoms with Crippen LogP contribution < -0.4 is 10.2 Å². The minimum Gasteiger partial charge on any atom is -0.315 e. The Labute approximate surface area is 116 Å². The average molecular weight is 260 g/mol. The van der Waals surface area contributed by atoms with Gasteiger partial charge in [-0.1, -0.05) is 6.07 Å². The van der Waals surface area contributed by atoms with Crippen molar-refractivity contribution < 1.29 is 4.79 Å². The van der Waals surface area contributed by atoms with Crippen LogP contribution in [0, 0.1) is 19.8 Å². The minimum atomic E-state index is 0.155. The zero-order chi connectivity index (χ0) is 14.0. The molecule has 1 aromatic rings.